The molecule has 1 aromatic carbocycles. The van der Waals surface area contributed by atoms with Gasteiger partial charge in [0.15, 0.2) is 0 Å². The molecule has 2 aliphatic heterocycles. The summed E-state index contributed by atoms with van der Waals surface area (Å²) >= 11 is 0. The van der Waals surface area contributed by atoms with Crippen LogP contribution in [-0.2, 0) is 9.53 Å². The van der Waals surface area contributed by atoms with Crippen molar-refractivity contribution in [2.45, 2.75) is 37.3 Å². The minimum absolute atomic E-state index is 0. The van der Waals surface area contributed by atoms with Crippen LogP contribution in [-0.4, -0.2) is 62.9 Å². The maximum absolute atomic E-state index is 12.8. The normalized spacial score (nSPS) is 19.0. The fraction of sp³-hybridized carbons (Fsp3) is 0.632. The maximum Gasteiger partial charge on any atom is 0.242 e. The Morgan fingerprint density at radius 3 is 2.14 bits per heavy atom. The SMILES string of the molecule is COc1cc(NC2CCN(C(=O)C3(N)CCOCC3)CC2)cc(OC)c1.Cl.Cl. The van der Waals surface area contributed by atoms with Crippen molar-refractivity contribution in [1.82, 2.24) is 4.90 Å². The number of piperidine rings is 1. The predicted molar refractivity (Wildman–Crippen MR) is 114 cm³/mol. The zero-order chi connectivity index (χ0) is 18.6. The van der Waals surface area contributed by atoms with Crippen molar-refractivity contribution in [1.29, 1.82) is 0 Å². The first-order chi connectivity index (χ1) is 12.5. The number of hydrogen-bond donors (Lipinski definition) is 2. The Bertz CT molecular complexity index is 611. The van der Waals surface area contributed by atoms with Crippen molar-refractivity contribution < 1.29 is 19.0 Å². The van der Waals surface area contributed by atoms with Gasteiger partial charge in [-0.25, -0.2) is 0 Å². The second-order valence-corrected chi connectivity index (χ2v) is 7.08. The summed E-state index contributed by atoms with van der Waals surface area (Å²) in [5.41, 5.74) is 6.55. The van der Waals surface area contributed by atoms with Crippen LogP contribution in [0.5, 0.6) is 11.5 Å². The van der Waals surface area contributed by atoms with Gasteiger partial charge < -0.3 is 30.2 Å². The first-order valence-corrected chi connectivity index (χ1v) is 9.20. The van der Waals surface area contributed by atoms with Gasteiger partial charge in [0.1, 0.15) is 11.5 Å². The van der Waals surface area contributed by atoms with Gasteiger partial charge in [-0.1, -0.05) is 0 Å². The van der Waals surface area contributed by atoms with Crippen molar-refractivity contribution in [2.24, 2.45) is 5.73 Å². The summed E-state index contributed by atoms with van der Waals surface area (Å²) in [6, 6.07) is 6.06. The number of anilines is 1. The lowest BCUT2D eigenvalue weighted by molar-refractivity contribution is -0.141. The summed E-state index contributed by atoms with van der Waals surface area (Å²) in [6.07, 6.45) is 2.98. The van der Waals surface area contributed by atoms with E-state index in [9.17, 15) is 4.79 Å². The molecule has 0 bridgehead atoms. The summed E-state index contributed by atoms with van der Waals surface area (Å²) in [5, 5.41) is 3.53. The molecule has 0 aromatic heterocycles. The maximum atomic E-state index is 12.8. The molecule has 0 radical (unpaired) electrons. The Labute approximate surface area is 179 Å². The molecule has 2 aliphatic rings. The fourth-order valence-corrected chi connectivity index (χ4v) is 3.62. The van der Waals surface area contributed by atoms with E-state index in [2.05, 4.69) is 5.32 Å². The van der Waals surface area contributed by atoms with Crippen molar-refractivity contribution in [3.05, 3.63) is 18.2 Å². The third-order valence-electron chi connectivity index (χ3n) is 5.32. The standard InChI is InChI=1S/C19H29N3O4.2ClH/c1-24-16-11-15(12-17(13-16)25-2)21-14-3-7-22(8-4-14)18(23)19(20)5-9-26-10-6-19;;/h11-14,21H,3-10,20H2,1-2H3;2*1H. The number of carbonyl (C=O) groups excluding carboxylic acids is 1. The molecule has 3 rings (SSSR count). The van der Waals surface area contributed by atoms with Crippen LogP contribution in [0.1, 0.15) is 25.7 Å². The van der Waals surface area contributed by atoms with E-state index >= 15 is 0 Å². The third kappa shape index (κ3) is 5.80. The highest BCUT2D eigenvalue weighted by Crippen LogP contribution is 2.28. The Balaban J connectivity index is 0.00000196. The van der Waals surface area contributed by atoms with Gasteiger partial charge in [-0.05, 0) is 25.7 Å². The van der Waals surface area contributed by atoms with Gasteiger partial charge in [0.05, 0.1) is 19.8 Å². The van der Waals surface area contributed by atoms with Crippen LogP contribution in [0.15, 0.2) is 18.2 Å². The van der Waals surface area contributed by atoms with Crippen molar-refractivity contribution in [2.75, 3.05) is 45.8 Å². The van der Waals surface area contributed by atoms with Gasteiger partial charge in [-0.15, -0.1) is 24.8 Å². The highest BCUT2D eigenvalue weighted by Gasteiger charge is 2.39. The largest absolute Gasteiger partial charge is 0.497 e. The molecular weight excluding hydrogens is 405 g/mol. The second-order valence-electron chi connectivity index (χ2n) is 7.08. The Morgan fingerprint density at radius 1 is 1.11 bits per heavy atom. The topological polar surface area (TPSA) is 86.1 Å². The number of halogens is 2. The number of benzene rings is 1. The molecule has 1 aromatic rings. The minimum atomic E-state index is -0.751. The molecule has 2 saturated heterocycles. The van der Waals surface area contributed by atoms with Crippen LogP contribution < -0.4 is 20.5 Å². The molecule has 3 N–H and O–H groups in total. The molecule has 160 valence electrons. The number of nitrogens with zero attached hydrogens (tertiary/aromatic N) is 1. The van der Waals surface area contributed by atoms with E-state index in [1.165, 1.54) is 0 Å². The van der Waals surface area contributed by atoms with Gasteiger partial charge in [0.2, 0.25) is 5.91 Å². The lowest BCUT2D eigenvalue weighted by Gasteiger charge is -2.40. The predicted octanol–water partition coefficient (Wildman–Crippen LogP) is 2.46. The molecule has 2 heterocycles. The first-order valence-electron chi connectivity index (χ1n) is 9.20. The molecule has 7 nitrogen and oxygen atoms in total. The highest BCUT2D eigenvalue weighted by molar-refractivity contribution is 5.86. The zero-order valence-electron chi connectivity index (χ0n) is 16.4. The quantitative estimate of drug-likeness (QED) is 0.738. The fourth-order valence-electron chi connectivity index (χ4n) is 3.62. The monoisotopic (exact) mass is 435 g/mol. The summed E-state index contributed by atoms with van der Waals surface area (Å²) in [5.74, 6) is 1.58. The summed E-state index contributed by atoms with van der Waals surface area (Å²) in [6.45, 7) is 2.57. The van der Waals surface area contributed by atoms with Gasteiger partial charge in [0.25, 0.3) is 0 Å². The van der Waals surface area contributed by atoms with Crippen molar-refractivity contribution in [3.8, 4) is 11.5 Å². The Morgan fingerprint density at radius 2 is 1.64 bits per heavy atom. The van der Waals surface area contributed by atoms with Gasteiger partial charge in [-0.3, -0.25) is 4.79 Å². The van der Waals surface area contributed by atoms with Crippen LogP contribution in [0.25, 0.3) is 0 Å². The molecule has 0 atom stereocenters. The van der Waals surface area contributed by atoms with Crippen molar-refractivity contribution >= 4 is 36.4 Å². The molecule has 0 aliphatic carbocycles. The third-order valence-corrected chi connectivity index (χ3v) is 5.32. The van der Waals surface area contributed by atoms with E-state index in [1.807, 2.05) is 23.1 Å². The Hall–Kier alpha value is -1.41. The molecule has 2 fully saturated rings. The van der Waals surface area contributed by atoms with Gasteiger partial charge in [-0.2, -0.15) is 0 Å². The van der Waals surface area contributed by atoms with E-state index in [1.54, 1.807) is 14.2 Å². The number of rotatable bonds is 5. The van der Waals surface area contributed by atoms with Crippen LogP contribution in [0.2, 0.25) is 0 Å². The number of carbonyl (C=O) groups is 1. The molecule has 28 heavy (non-hydrogen) atoms. The number of nitrogens with one attached hydrogen (secondary N) is 1. The number of nitrogens with two attached hydrogens (primary N) is 1. The van der Waals surface area contributed by atoms with E-state index in [0.717, 1.165) is 43.1 Å². The number of methoxy groups -OCH3 is 2. The molecular formula is C19H31Cl2N3O4. The lowest BCUT2D eigenvalue weighted by Crippen LogP contribution is -2.59. The van der Waals surface area contributed by atoms with E-state index < -0.39 is 5.54 Å². The first kappa shape index (κ1) is 24.6. The number of ether oxygens (including phenoxy) is 3. The van der Waals surface area contributed by atoms with Crippen LogP contribution in [0.4, 0.5) is 5.69 Å². The molecule has 0 unspecified atom stereocenters. The minimum Gasteiger partial charge on any atom is -0.497 e. The molecule has 9 heteroatoms. The highest BCUT2D eigenvalue weighted by atomic mass is 35.5. The molecule has 0 spiro atoms. The van der Waals surface area contributed by atoms with Crippen LogP contribution in [0.3, 0.4) is 0 Å². The molecule has 0 saturated carbocycles. The Kier molecular flexibility index (Phi) is 9.63. The second kappa shape index (κ2) is 11.0. The van der Waals surface area contributed by atoms with Gasteiger partial charge in [0, 0.05) is 56.2 Å². The number of amides is 1. The van der Waals surface area contributed by atoms with Crippen LogP contribution >= 0.6 is 24.8 Å². The van der Waals surface area contributed by atoms with Gasteiger partial charge >= 0.3 is 0 Å². The summed E-state index contributed by atoms with van der Waals surface area (Å²) in [7, 11) is 3.28. The molecule has 1 amide bonds. The zero-order valence-corrected chi connectivity index (χ0v) is 18.1. The van der Waals surface area contributed by atoms with E-state index in [4.69, 9.17) is 19.9 Å². The number of likely N-dealkylation sites (tertiary alicyclic amines) is 1. The lowest BCUT2D eigenvalue weighted by atomic mass is 9.88. The number of hydrogen-bond acceptors (Lipinski definition) is 6. The summed E-state index contributed by atoms with van der Waals surface area (Å²) < 4.78 is 16.0. The summed E-state index contributed by atoms with van der Waals surface area (Å²) in [4.78, 5) is 14.7. The van der Waals surface area contributed by atoms with Crippen LogP contribution in [0, 0.1) is 0 Å². The van der Waals surface area contributed by atoms with Crippen molar-refractivity contribution in [3.63, 3.8) is 0 Å². The average Bonchev–Trinajstić information content (AvgIpc) is 2.68. The van der Waals surface area contributed by atoms with E-state index in [-0.39, 0.29) is 30.7 Å². The van der Waals surface area contributed by atoms with E-state index in [0.29, 0.717) is 32.1 Å². The smallest absolute Gasteiger partial charge is 0.242 e. The average molecular weight is 436 g/mol.